The Kier molecular flexibility index (Phi) is 6.44. The van der Waals surface area contributed by atoms with E-state index in [0.717, 1.165) is 37.7 Å². The number of hydrogen-bond acceptors (Lipinski definition) is 3. The van der Waals surface area contributed by atoms with Crippen LogP contribution in [0.25, 0.3) is 0 Å². The van der Waals surface area contributed by atoms with Crippen LogP contribution in [0.15, 0.2) is 4.42 Å². The second-order valence-corrected chi connectivity index (χ2v) is 4.88. The molecule has 0 spiro atoms. The van der Waals surface area contributed by atoms with Gasteiger partial charge in [0.05, 0.1) is 0 Å². The highest BCUT2D eigenvalue weighted by atomic mass is 16.3. The maximum atomic E-state index is 5.63. The largest absolute Gasteiger partial charge is 0.466 e. The van der Waals surface area contributed by atoms with Gasteiger partial charge in [0.15, 0.2) is 0 Å². The summed E-state index contributed by atoms with van der Waals surface area (Å²) in [6, 6.07) is 0. The molecule has 0 unspecified atom stereocenters. The minimum atomic E-state index is 0.924. The van der Waals surface area contributed by atoms with Crippen molar-refractivity contribution in [3.8, 4) is 0 Å². The summed E-state index contributed by atoms with van der Waals surface area (Å²) in [7, 11) is 0. The summed E-state index contributed by atoms with van der Waals surface area (Å²) in [5.41, 5.74) is 2.62. The lowest BCUT2D eigenvalue weighted by Crippen LogP contribution is -2.27. The number of hydrogen-bond donors (Lipinski definition) is 1. The Labute approximate surface area is 112 Å². The molecule has 1 heterocycles. The van der Waals surface area contributed by atoms with Crippen LogP contribution in [0.5, 0.6) is 0 Å². The van der Waals surface area contributed by atoms with Gasteiger partial charge in [0.2, 0.25) is 0 Å². The topological polar surface area (TPSA) is 28.4 Å². The van der Waals surface area contributed by atoms with Crippen LogP contribution < -0.4 is 5.32 Å². The molecule has 104 valence electrons. The fourth-order valence-electron chi connectivity index (χ4n) is 2.28. The normalized spacial score (nSPS) is 11.4. The zero-order chi connectivity index (χ0) is 13.5. The van der Waals surface area contributed by atoms with E-state index in [0.29, 0.717) is 0 Å². The molecule has 0 aromatic carbocycles. The summed E-state index contributed by atoms with van der Waals surface area (Å²) >= 11 is 0. The third-order valence-electron chi connectivity index (χ3n) is 3.74. The van der Waals surface area contributed by atoms with Crippen molar-refractivity contribution in [3.05, 3.63) is 22.6 Å². The van der Waals surface area contributed by atoms with E-state index in [1.165, 1.54) is 24.1 Å². The van der Waals surface area contributed by atoms with Gasteiger partial charge in [-0.3, -0.25) is 0 Å². The van der Waals surface area contributed by atoms with Crippen LogP contribution in [0.2, 0.25) is 0 Å². The molecule has 1 aromatic heterocycles. The van der Waals surface area contributed by atoms with Gasteiger partial charge in [-0.05, 0) is 58.9 Å². The summed E-state index contributed by atoms with van der Waals surface area (Å²) in [6.07, 6.45) is 1.20. The highest BCUT2D eigenvalue weighted by molar-refractivity contribution is 5.31. The molecule has 1 rings (SSSR count). The lowest BCUT2D eigenvalue weighted by atomic mass is 10.1. The first kappa shape index (κ1) is 15.3. The SMILES string of the molecule is CCN(CC)CCCNCc1c(C)oc(C)c1C. The maximum absolute atomic E-state index is 5.63. The van der Waals surface area contributed by atoms with Crippen molar-refractivity contribution in [1.29, 1.82) is 0 Å². The standard InChI is InChI=1S/C15H28N2O/c1-6-17(7-2)10-8-9-16-11-15-12(3)13(4)18-14(15)5/h16H,6-11H2,1-5H3. The molecule has 0 bridgehead atoms. The zero-order valence-corrected chi connectivity index (χ0v) is 12.6. The fraction of sp³-hybridized carbons (Fsp3) is 0.733. The van der Waals surface area contributed by atoms with Crippen molar-refractivity contribution in [2.24, 2.45) is 0 Å². The van der Waals surface area contributed by atoms with E-state index in [2.05, 4.69) is 31.0 Å². The van der Waals surface area contributed by atoms with Crippen LogP contribution in [-0.4, -0.2) is 31.1 Å². The molecular formula is C15H28N2O. The van der Waals surface area contributed by atoms with E-state index in [1.807, 2.05) is 13.8 Å². The van der Waals surface area contributed by atoms with E-state index in [-0.39, 0.29) is 0 Å². The number of furan rings is 1. The summed E-state index contributed by atoms with van der Waals surface area (Å²) < 4.78 is 5.63. The number of rotatable bonds is 8. The second kappa shape index (κ2) is 7.59. The molecule has 0 saturated heterocycles. The molecule has 0 aliphatic carbocycles. The average Bonchev–Trinajstić information content (AvgIpc) is 2.59. The summed E-state index contributed by atoms with van der Waals surface area (Å²) in [6.45, 7) is 16.1. The molecule has 3 nitrogen and oxygen atoms in total. The molecule has 0 aliphatic rings. The van der Waals surface area contributed by atoms with Gasteiger partial charge in [0.1, 0.15) is 11.5 Å². The van der Waals surface area contributed by atoms with Crippen molar-refractivity contribution in [2.45, 2.75) is 47.6 Å². The predicted molar refractivity (Wildman–Crippen MR) is 77.0 cm³/mol. The van der Waals surface area contributed by atoms with Crippen LogP contribution in [0.1, 0.15) is 42.9 Å². The second-order valence-electron chi connectivity index (χ2n) is 4.88. The number of nitrogens with one attached hydrogen (secondary N) is 1. The molecule has 0 atom stereocenters. The predicted octanol–water partition coefficient (Wildman–Crippen LogP) is 3.03. The van der Waals surface area contributed by atoms with E-state index < -0.39 is 0 Å². The number of nitrogens with zero attached hydrogens (tertiary/aromatic N) is 1. The van der Waals surface area contributed by atoms with Crippen molar-refractivity contribution in [2.75, 3.05) is 26.2 Å². The Morgan fingerprint density at radius 2 is 1.72 bits per heavy atom. The Morgan fingerprint density at radius 1 is 1.06 bits per heavy atom. The highest BCUT2D eigenvalue weighted by Crippen LogP contribution is 2.20. The lowest BCUT2D eigenvalue weighted by Gasteiger charge is -2.17. The van der Waals surface area contributed by atoms with Gasteiger partial charge in [-0.1, -0.05) is 13.8 Å². The minimum absolute atomic E-state index is 0.924. The number of aryl methyl sites for hydroxylation is 2. The first-order chi connectivity index (χ1) is 8.60. The molecule has 0 radical (unpaired) electrons. The lowest BCUT2D eigenvalue weighted by molar-refractivity contribution is 0.298. The first-order valence-corrected chi connectivity index (χ1v) is 7.08. The van der Waals surface area contributed by atoms with E-state index >= 15 is 0 Å². The molecule has 3 heteroatoms. The Morgan fingerprint density at radius 3 is 2.22 bits per heavy atom. The third-order valence-corrected chi connectivity index (χ3v) is 3.74. The Balaban J connectivity index is 2.26. The molecule has 0 fully saturated rings. The van der Waals surface area contributed by atoms with E-state index in [4.69, 9.17) is 4.42 Å². The van der Waals surface area contributed by atoms with Crippen LogP contribution in [0.3, 0.4) is 0 Å². The van der Waals surface area contributed by atoms with Gasteiger partial charge in [-0.15, -0.1) is 0 Å². The zero-order valence-electron chi connectivity index (χ0n) is 12.6. The average molecular weight is 252 g/mol. The third kappa shape index (κ3) is 4.14. The highest BCUT2D eigenvalue weighted by Gasteiger charge is 2.10. The molecule has 0 amide bonds. The molecule has 1 N–H and O–H groups in total. The first-order valence-electron chi connectivity index (χ1n) is 7.08. The van der Waals surface area contributed by atoms with Crippen molar-refractivity contribution in [3.63, 3.8) is 0 Å². The van der Waals surface area contributed by atoms with Crippen LogP contribution in [-0.2, 0) is 6.54 Å². The minimum Gasteiger partial charge on any atom is -0.466 e. The maximum Gasteiger partial charge on any atom is 0.105 e. The van der Waals surface area contributed by atoms with Gasteiger partial charge in [0.25, 0.3) is 0 Å². The summed E-state index contributed by atoms with van der Waals surface area (Å²) in [5, 5.41) is 3.51. The smallest absolute Gasteiger partial charge is 0.105 e. The van der Waals surface area contributed by atoms with Crippen molar-refractivity contribution < 1.29 is 4.42 Å². The Bertz CT molecular complexity index is 354. The fourth-order valence-corrected chi connectivity index (χ4v) is 2.28. The van der Waals surface area contributed by atoms with Crippen LogP contribution in [0, 0.1) is 20.8 Å². The summed E-state index contributed by atoms with van der Waals surface area (Å²) in [4.78, 5) is 2.46. The van der Waals surface area contributed by atoms with Gasteiger partial charge < -0.3 is 14.6 Å². The van der Waals surface area contributed by atoms with Gasteiger partial charge >= 0.3 is 0 Å². The van der Waals surface area contributed by atoms with Crippen molar-refractivity contribution >= 4 is 0 Å². The van der Waals surface area contributed by atoms with Crippen LogP contribution in [0.4, 0.5) is 0 Å². The van der Waals surface area contributed by atoms with Crippen LogP contribution >= 0.6 is 0 Å². The van der Waals surface area contributed by atoms with E-state index in [1.54, 1.807) is 0 Å². The molecule has 1 aromatic rings. The quantitative estimate of drug-likeness (QED) is 0.721. The molecule has 0 saturated carbocycles. The molecule has 0 aliphatic heterocycles. The monoisotopic (exact) mass is 252 g/mol. The molecule has 18 heavy (non-hydrogen) atoms. The van der Waals surface area contributed by atoms with Gasteiger partial charge in [-0.2, -0.15) is 0 Å². The molecular weight excluding hydrogens is 224 g/mol. The van der Waals surface area contributed by atoms with Gasteiger partial charge in [0, 0.05) is 12.1 Å². The van der Waals surface area contributed by atoms with Gasteiger partial charge in [-0.25, -0.2) is 0 Å². The summed E-state index contributed by atoms with van der Waals surface area (Å²) in [5.74, 6) is 2.11. The Hall–Kier alpha value is -0.800. The van der Waals surface area contributed by atoms with Crippen molar-refractivity contribution in [1.82, 2.24) is 10.2 Å². The van der Waals surface area contributed by atoms with E-state index in [9.17, 15) is 0 Å².